The van der Waals surface area contributed by atoms with Crippen LogP contribution in [0.25, 0.3) is 0 Å². The third-order valence-corrected chi connectivity index (χ3v) is 6.38. The van der Waals surface area contributed by atoms with Crippen LogP contribution in [0, 0.1) is 27.7 Å². The Balaban J connectivity index is 0.00000364. The van der Waals surface area contributed by atoms with E-state index in [1.54, 1.807) is 13.1 Å². The highest BCUT2D eigenvalue weighted by Gasteiger charge is 2.18. The van der Waals surface area contributed by atoms with Crippen molar-refractivity contribution in [3.05, 3.63) is 33.2 Å². The largest absolute Gasteiger partial charge is 0.444 e. The number of sulfonamides is 1. The highest BCUT2D eigenvalue weighted by Crippen LogP contribution is 2.24. The molecule has 0 atom stereocenters. The minimum Gasteiger partial charge on any atom is -0.444 e. The van der Waals surface area contributed by atoms with Crippen molar-refractivity contribution in [3.8, 4) is 0 Å². The first kappa shape index (κ1) is 23.9. The average Bonchev–Trinajstić information content (AvgIpc) is 3.08. The molecule has 2 heterocycles. The third-order valence-electron chi connectivity index (χ3n) is 3.70. The molecule has 0 fully saturated rings. The Morgan fingerprint density at radius 1 is 1.22 bits per heavy atom. The van der Waals surface area contributed by atoms with Crippen molar-refractivity contribution in [3.63, 3.8) is 0 Å². The van der Waals surface area contributed by atoms with Gasteiger partial charge in [-0.05, 0) is 33.8 Å². The number of halogens is 1. The van der Waals surface area contributed by atoms with Crippen LogP contribution in [0.1, 0.15) is 27.1 Å². The molecule has 2 aromatic heterocycles. The monoisotopic (exact) mass is 527 g/mol. The normalized spacial score (nSPS) is 12.0. The minimum atomic E-state index is -3.50. The lowest BCUT2D eigenvalue weighted by Gasteiger charge is -2.11. The highest BCUT2D eigenvalue weighted by atomic mass is 127. The maximum Gasteiger partial charge on any atom is 0.241 e. The second kappa shape index (κ2) is 10.4. The number of hydrogen-bond acceptors (Lipinski definition) is 6. The van der Waals surface area contributed by atoms with E-state index in [1.165, 1.54) is 11.3 Å². The molecular formula is C16H26IN5O3S2. The van der Waals surface area contributed by atoms with Gasteiger partial charge in [0.1, 0.15) is 5.76 Å². The summed E-state index contributed by atoms with van der Waals surface area (Å²) in [6, 6.07) is 1.69. The molecule has 0 unspecified atom stereocenters. The summed E-state index contributed by atoms with van der Waals surface area (Å²) in [5.74, 6) is 1.91. The van der Waals surface area contributed by atoms with Crippen LogP contribution >= 0.6 is 35.3 Å². The number of rotatable bonds is 7. The van der Waals surface area contributed by atoms with E-state index in [0.717, 1.165) is 21.2 Å². The Labute approximate surface area is 181 Å². The SMILES string of the molecule is CN=C(NCCNS(=O)(=O)c1cc(C)sc1C)NCc1nc(C)c(C)o1.I. The number of aryl methyl sites for hydroxylation is 4. The molecule has 27 heavy (non-hydrogen) atoms. The van der Waals surface area contributed by atoms with E-state index in [0.29, 0.717) is 29.8 Å². The van der Waals surface area contributed by atoms with E-state index < -0.39 is 10.0 Å². The van der Waals surface area contributed by atoms with Crippen molar-refractivity contribution in [2.75, 3.05) is 20.1 Å². The number of hydrogen-bond donors (Lipinski definition) is 3. The molecule has 152 valence electrons. The highest BCUT2D eigenvalue weighted by molar-refractivity contribution is 14.0. The standard InChI is InChI=1S/C16H25N5O3S2.HI/c1-10-8-14(13(4)25-10)26(22,23)20-7-6-18-16(17-5)19-9-15-21-11(2)12(3)24-15;/h8,20H,6-7,9H2,1-5H3,(H2,17,18,19);1H. The van der Waals surface area contributed by atoms with Gasteiger partial charge in [-0.15, -0.1) is 35.3 Å². The lowest BCUT2D eigenvalue weighted by molar-refractivity contribution is 0.464. The fourth-order valence-electron chi connectivity index (χ4n) is 2.31. The van der Waals surface area contributed by atoms with Crippen molar-refractivity contribution >= 4 is 51.3 Å². The summed E-state index contributed by atoms with van der Waals surface area (Å²) in [7, 11) is -1.85. The summed E-state index contributed by atoms with van der Waals surface area (Å²) in [5.41, 5.74) is 0.859. The van der Waals surface area contributed by atoms with Crippen molar-refractivity contribution in [2.24, 2.45) is 4.99 Å². The zero-order valence-corrected chi connectivity index (χ0v) is 20.0. The molecular weight excluding hydrogens is 501 g/mol. The first-order chi connectivity index (χ1) is 12.2. The maximum absolute atomic E-state index is 12.3. The molecule has 0 aliphatic carbocycles. The maximum atomic E-state index is 12.3. The van der Waals surface area contributed by atoms with Crippen LogP contribution < -0.4 is 15.4 Å². The van der Waals surface area contributed by atoms with E-state index in [4.69, 9.17) is 4.42 Å². The predicted octanol–water partition coefficient (Wildman–Crippen LogP) is 2.23. The second-order valence-corrected chi connectivity index (χ2v) is 8.97. The summed E-state index contributed by atoms with van der Waals surface area (Å²) in [6.07, 6.45) is 0. The number of oxazole rings is 1. The van der Waals surface area contributed by atoms with E-state index >= 15 is 0 Å². The van der Waals surface area contributed by atoms with Crippen LogP contribution in [-0.2, 0) is 16.6 Å². The summed E-state index contributed by atoms with van der Waals surface area (Å²) in [5, 5.41) is 6.13. The Bertz CT molecular complexity index is 871. The van der Waals surface area contributed by atoms with E-state index in [1.807, 2.05) is 27.7 Å². The Kier molecular flexibility index (Phi) is 9.18. The second-order valence-electron chi connectivity index (χ2n) is 5.78. The van der Waals surface area contributed by atoms with Crippen LogP contribution in [0.5, 0.6) is 0 Å². The molecule has 0 aliphatic rings. The fraction of sp³-hybridized carbons (Fsp3) is 0.500. The van der Waals surface area contributed by atoms with Crippen molar-refractivity contribution in [1.29, 1.82) is 0 Å². The number of aromatic nitrogens is 1. The molecule has 3 N–H and O–H groups in total. The number of thiophene rings is 1. The summed E-state index contributed by atoms with van der Waals surface area (Å²) < 4.78 is 32.7. The first-order valence-electron chi connectivity index (χ1n) is 8.17. The Hall–Kier alpha value is -1.18. The zero-order valence-electron chi connectivity index (χ0n) is 16.0. The molecule has 0 radical (unpaired) electrons. The van der Waals surface area contributed by atoms with Gasteiger partial charge in [-0.3, -0.25) is 4.99 Å². The van der Waals surface area contributed by atoms with Gasteiger partial charge < -0.3 is 15.1 Å². The van der Waals surface area contributed by atoms with Crippen LogP contribution in [-0.4, -0.2) is 39.5 Å². The van der Waals surface area contributed by atoms with E-state index in [-0.39, 0.29) is 30.5 Å². The van der Waals surface area contributed by atoms with Crippen LogP contribution in [0.4, 0.5) is 0 Å². The number of aliphatic imine (C=N–C) groups is 1. The molecule has 0 aromatic carbocycles. The first-order valence-corrected chi connectivity index (χ1v) is 10.5. The molecule has 2 aromatic rings. The lowest BCUT2D eigenvalue weighted by Crippen LogP contribution is -2.41. The molecule has 0 saturated carbocycles. The van der Waals surface area contributed by atoms with Crippen LogP contribution in [0.2, 0.25) is 0 Å². The van der Waals surface area contributed by atoms with Crippen molar-refractivity contribution in [2.45, 2.75) is 39.1 Å². The van der Waals surface area contributed by atoms with E-state index in [9.17, 15) is 8.42 Å². The molecule has 0 aliphatic heterocycles. The summed E-state index contributed by atoms with van der Waals surface area (Å²) >= 11 is 1.47. The van der Waals surface area contributed by atoms with Gasteiger partial charge in [-0.2, -0.15) is 0 Å². The van der Waals surface area contributed by atoms with Gasteiger partial charge in [-0.1, -0.05) is 0 Å². The quantitative estimate of drug-likeness (QED) is 0.221. The molecule has 0 spiro atoms. The van der Waals surface area contributed by atoms with Gasteiger partial charge in [0, 0.05) is 29.9 Å². The summed E-state index contributed by atoms with van der Waals surface area (Å²) in [4.78, 5) is 10.5. The topological polar surface area (TPSA) is 109 Å². The van der Waals surface area contributed by atoms with Gasteiger partial charge in [0.25, 0.3) is 0 Å². The summed E-state index contributed by atoms with van der Waals surface area (Å²) in [6.45, 7) is 8.49. The van der Waals surface area contributed by atoms with E-state index in [2.05, 4.69) is 25.3 Å². The number of nitrogens with zero attached hydrogens (tertiary/aromatic N) is 2. The predicted molar refractivity (Wildman–Crippen MR) is 119 cm³/mol. The van der Waals surface area contributed by atoms with Crippen LogP contribution in [0.3, 0.4) is 0 Å². The molecule has 0 saturated heterocycles. The molecule has 2 rings (SSSR count). The minimum absolute atomic E-state index is 0. The average molecular weight is 527 g/mol. The van der Waals surface area contributed by atoms with Gasteiger partial charge in [0.2, 0.25) is 15.9 Å². The number of guanidine groups is 1. The molecule has 11 heteroatoms. The molecule has 0 bridgehead atoms. The van der Waals surface area contributed by atoms with Gasteiger partial charge >= 0.3 is 0 Å². The Morgan fingerprint density at radius 2 is 1.93 bits per heavy atom. The zero-order chi connectivity index (χ0) is 19.3. The number of nitrogens with one attached hydrogen (secondary N) is 3. The lowest BCUT2D eigenvalue weighted by atomic mass is 10.4. The van der Waals surface area contributed by atoms with Gasteiger partial charge in [0.15, 0.2) is 5.96 Å². The van der Waals surface area contributed by atoms with Gasteiger partial charge in [-0.25, -0.2) is 18.1 Å². The molecule has 0 amide bonds. The fourth-order valence-corrected chi connectivity index (χ4v) is 4.90. The van der Waals surface area contributed by atoms with Crippen molar-refractivity contribution < 1.29 is 12.8 Å². The van der Waals surface area contributed by atoms with Crippen molar-refractivity contribution in [1.82, 2.24) is 20.3 Å². The van der Waals surface area contributed by atoms with Crippen LogP contribution in [0.15, 0.2) is 20.4 Å². The third kappa shape index (κ3) is 6.73. The van der Waals surface area contributed by atoms with Gasteiger partial charge in [0.05, 0.1) is 17.1 Å². The molecule has 8 nitrogen and oxygen atoms in total. The Morgan fingerprint density at radius 3 is 2.44 bits per heavy atom. The smallest absolute Gasteiger partial charge is 0.241 e.